The predicted octanol–water partition coefficient (Wildman–Crippen LogP) is 3.98. The van der Waals surface area contributed by atoms with Gasteiger partial charge in [0.05, 0.1) is 11.4 Å². The number of halogens is 1. The van der Waals surface area contributed by atoms with Crippen LogP contribution in [0, 0.1) is 9.49 Å². The molecule has 1 heterocycles. The van der Waals surface area contributed by atoms with Crippen molar-refractivity contribution in [3.8, 4) is 0 Å². The summed E-state index contributed by atoms with van der Waals surface area (Å²) in [5.41, 5.74) is 0.862. The molecule has 0 saturated carbocycles. The number of para-hydroxylation sites is 1. The van der Waals surface area contributed by atoms with Gasteiger partial charge in [-0.3, -0.25) is 4.79 Å². The van der Waals surface area contributed by atoms with Crippen LogP contribution in [-0.2, 0) is 4.79 Å². The zero-order chi connectivity index (χ0) is 15.2. The zero-order valence-corrected chi connectivity index (χ0v) is 15.8. The molecule has 0 aromatic heterocycles. The summed E-state index contributed by atoms with van der Waals surface area (Å²) in [7, 11) is 0. The Morgan fingerprint density at radius 2 is 2.10 bits per heavy atom. The number of carbonyl (C=O) groups is 1. The van der Waals surface area contributed by atoms with Crippen LogP contribution in [0.25, 0.3) is 0 Å². The summed E-state index contributed by atoms with van der Waals surface area (Å²) < 4.78 is 1.89. The number of rotatable bonds is 3. The first kappa shape index (κ1) is 17.0. The molecule has 21 heavy (non-hydrogen) atoms. The van der Waals surface area contributed by atoms with E-state index in [1.54, 1.807) is 0 Å². The van der Waals surface area contributed by atoms with Gasteiger partial charge in [-0.05, 0) is 53.5 Å². The molecule has 1 amide bonds. The largest absolute Gasteiger partial charge is 0.357 e. The van der Waals surface area contributed by atoms with E-state index in [9.17, 15) is 4.79 Å². The van der Waals surface area contributed by atoms with Crippen LogP contribution in [0.3, 0.4) is 0 Å². The Morgan fingerprint density at radius 1 is 1.43 bits per heavy atom. The lowest BCUT2D eigenvalue weighted by Crippen LogP contribution is -2.36. The van der Waals surface area contributed by atoms with Crippen LogP contribution < -0.4 is 5.32 Å². The third kappa shape index (κ3) is 5.41. The van der Waals surface area contributed by atoms with Crippen molar-refractivity contribution in [1.29, 1.82) is 0 Å². The fraction of sp³-hybridized carbons (Fsp3) is 0.467. The normalized spacial score (nSPS) is 15.8. The number of hydrogen-bond acceptors (Lipinski definition) is 3. The van der Waals surface area contributed by atoms with Gasteiger partial charge in [0, 0.05) is 16.7 Å². The van der Waals surface area contributed by atoms with Crippen molar-refractivity contribution >= 4 is 62.5 Å². The Balaban J connectivity index is 1.76. The van der Waals surface area contributed by atoms with Gasteiger partial charge in [0.1, 0.15) is 4.32 Å². The third-order valence-electron chi connectivity index (χ3n) is 3.52. The van der Waals surface area contributed by atoms with Gasteiger partial charge >= 0.3 is 0 Å². The van der Waals surface area contributed by atoms with Crippen molar-refractivity contribution in [2.24, 2.45) is 5.92 Å². The maximum Gasteiger partial charge on any atom is 0.234 e. The summed E-state index contributed by atoms with van der Waals surface area (Å²) in [6.07, 6.45) is 2.38. The molecule has 1 aliphatic rings. The highest BCUT2D eigenvalue weighted by atomic mass is 127. The van der Waals surface area contributed by atoms with Crippen LogP contribution in [0.2, 0.25) is 0 Å². The molecule has 114 valence electrons. The number of hydrogen-bond donors (Lipinski definition) is 1. The molecular formula is C15H19IN2OS2. The van der Waals surface area contributed by atoms with Crippen molar-refractivity contribution in [2.45, 2.75) is 19.8 Å². The molecule has 0 atom stereocenters. The highest BCUT2D eigenvalue weighted by Gasteiger charge is 2.18. The second-order valence-corrected chi connectivity index (χ2v) is 8.02. The fourth-order valence-corrected chi connectivity index (χ4v) is 3.73. The summed E-state index contributed by atoms with van der Waals surface area (Å²) in [4.78, 5) is 14.2. The lowest BCUT2D eigenvalue weighted by Gasteiger charge is -2.31. The Labute approximate surface area is 149 Å². The van der Waals surface area contributed by atoms with Crippen LogP contribution in [0.15, 0.2) is 24.3 Å². The van der Waals surface area contributed by atoms with Crippen molar-refractivity contribution in [3.05, 3.63) is 27.8 Å². The van der Waals surface area contributed by atoms with E-state index in [1.165, 1.54) is 24.6 Å². The van der Waals surface area contributed by atoms with E-state index in [2.05, 4.69) is 39.7 Å². The van der Waals surface area contributed by atoms with E-state index in [1.807, 2.05) is 24.3 Å². The summed E-state index contributed by atoms with van der Waals surface area (Å²) in [6, 6.07) is 7.76. The number of benzene rings is 1. The number of amides is 1. The zero-order valence-electron chi connectivity index (χ0n) is 12.0. The van der Waals surface area contributed by atoms with E-state index < -0.39 is 0 Å². The highest BCUT2D eigenvalue weighted by Crippen LogP contribution is 2.21. The molecule has 0 bridgehead atoms. The third-order valence-corrected chi connectivity index (χ3v) is 5.98. The second kappa shape index (κ2) is 8.33. The van der Waals surface area contributed by atoms with Gasteiger partial charge in [-0.2, -0.15) is 0 Å². The molecular weight excluding hydrogens is 415 g/mol. The topological polar surface area (TPSA) is 32.3 Å². The molecule has 0 spiro atoms. The molecule has 3 nitrogen and oxygen atoms in total. The van der Waals surface area contributed by atoms with E-state index in [0.29, 0.717) is 5.75 Å². The van der Waals surface area contributed by atoms with Crippen molar-refractivity contribution in [3.63, 3.8) is 0 Å². The maximum absolute atomic E-state index is 12.0. The minimum absolute atomic E-state index is 0.00292. The van der Waals surface area contributed by atoms with Crippen LogP contribution in [0.1, 0.15) is 19.8 Å². The van der Waals surface area contributed by atoms with E-state index in [-0.39, 0.29) is 5.91 Å². The molecule has 1 fully saturated rings. The van der Waals surface area contributed by atoms with Crippen LogP contribution >= 0.6 is 46.6 Å². The van der Waals surface area contributed by atoms with Gasteiger partial charge in [-0.15, -0.1) is 0 Å². The average molecular weight is 434 g/mol. The highest BCUT2D eigenvalue weighted by molar-refractivity contribution is 14.1. The van der Waals surface area contributed by atoms with Gasteiger partial charge in [0.25, 0.3) is 0 Å². The predicted molar refractivity (Wildman–Crippen MR) is 103 cm³/mol. The number of likely N-dealkylation sites (tertiary alicyclic amines) is 1. The van der Waals surface area contributed by atoms with E-state index >= 15 is 0 Å². The molecule has 1 N–H and O–H groups in total. The number of carbonyl (C=O) groups excluding carboxylic acids is 1. The summed E-state index contributed by atoms with van der Waals surface area (Å²) in [6.45, 7) is 4.32. The van der Waals surface area contributed by atoms with Crippen LogP contribution in [-0.4, -0.2) is 34.0 Å². The number of anilines is 1. The lowest BCUT2D eigenvalue weighted by molar-refractivity contribution is -0.113. The van der Waals surface area contributed by atoms with Crippen molar-refractivity contribution in [2.75, 3.05) is 24.2 Å². The van der Waals surface area contributed by atoms with Gasteiger partial charge < -0.3 is 10.2 Å². The molecule has 1 aliphatic heterocycles. The Kier molecular flexibility index (Phi) is 6.75. The number of nitrogens with zero attached hydrogens (tertiary/aromatic N) is 1. The lowest BCUT2D eigenvalue weighted by atomic mass is 10.00. The van der Waals surface area contributed by atoms with Gasteiger partial charge in [0.15, 0.2) is 0 Å². The summed E-state index contributed by atoms with van der Waals surface area (Å²) >= 11 is 9.11. The molecule has 0 radical (unpaired) electrons. The molecule has 6 heteroatoms. The van der Waals surface area contributed by atoms with Gasteiger partial charge in [-0.25, -0.2) is 0 Å². The van der Waals surface area contributed by atoms with Crippen LogP contribution in [0.4, 0.5) is 5.69 Å². The van der Waals surface area contributed by atoms with Gasteiger partial charge in [-0.1, -0.05) is 43.0 Å². The van der Waals surface area contributed by atoms with E-state index in [0.717, 1.165) is 32.6 Å². The minimum Gasteiger partial charge on any atom is -0.357 e. The number of piperidine rings is 1. The Bertz CT molecular complexity index is 516. The summed E-state index contributed by atoms with van der Waals surface area (Å²) in [5, 5.41) is 2.93. The second-order valence-electron chi connectivity index (χ2n) is 5.25. The van der Waals surface area contributed by atoms with E-state index in [4.69, 9.17) is 12.2 Å². The quantitative estimate of drug-likeness (QED) is 0.576. The smallest absolute Gasteiger partial charge is 0.234 e. The first-order valence-electron chi connectivity index (χ1n) is 7.02. The molecule has 1 saturated heterocycles. The standard InChI is InChI=1S/C15H19IN2OS2/c1-11-6-8-18(9-7-11)15(20)21-10-14(19)17-13-5-3-2-4-12(13)16/h2-5,11H,6-10H2,1H3,(H,17,19). The molecule has 1 aromatic rings. The Hall–Kier alpha value is -0.340. The minimum atomic E-state index is -0.00292. The first-order valence-corrected chi connectivity index (χ1v) is 9.49. The SMILES string of the molecule is CC1CCN(C(=S)SCC(=O)Nc2ccccc2I)CC1. The van der Waals surface area contributed by atoms with Crippen molar-refractivity contribution in [1.82, 2.24) is 4.90 Å². The number of nitrogens with one attached hydrogen (secondary N) is 1. The molecule has 0 unspecified atom stereocenters. The molecule has 0 aliphatic carbocycles. The van der Waals surface area contributed by atoms with Crippen molar-refractivity contribution < 1.29 is 4.79 Å². The molecule has 1 aromatic carbocycles. The van der Waals surface area contributed by atoms with Crippen LogP contribution in [0.5, 0.6) is 0 Å². The molecule has 2 rings (SSSR count). The van der Waals surface area contributed by atoms with Gasteiger partial charge in [0.2, 0.25) is 5.91 Å². The maximum atomic E-state index is 12.0. The fourth-order valence-electron chi connectivity index (χ4n) is 2.16. The average Bonchev–Trinajstić information content (AvgIpc) is 2.48. The Morgan fingerprint density at radius 3 is 2.76 bits per heavy atom. The first-order chi connectivity index (χ1) is 10.1. The number of thioether (sulfide) groups is 1. The summed E-state index contributed by atoms with van der Waals surface area (Å²) in [5.74, 6) is 1.16. The number of thiocarbonyl (C=S) groups is 1. The monoisotopic (exact) mass is 434 g/mol.